The van der Waals surface area contributed by atoms with Crippen molar-refractivity contribution in [2.24, 2.45) is 0 Å². The number of carboxylic acids is 1. The van der Waals surface area contributed by atoms with Crippen LogP contribution >= 0.6 is 11.3 Å². The van der Waals surface area contributed by atoms with E-state index in [9.17, 15) is 4.79 Å². The number of rotatable bonds is 5. The van der Waals surface area contributed by atoms with Gasteiger partial charge in [0.1, 0.15) is 10.5 Å². The number of nitrogens with zero attached hydrogens (tertiary/aromatic N) is 1. The van der Waals surface area contributed by atoms with Gasteiger partial charge in [0.15, 0.2) is 0 Å². The van der Waals surface area contributed by atoms with Crippen molar-refractivity contribution in [3.8, 4) is 0 Å². The largest absolute Gasteiger partial charge is 0.480 e. The van der Waals surface area contributed by atoms with Gasteiger partial charge in [-0.25, -0.2) is 4.98 Å². The van der Waals surface area contributed by atoms with Gasteiger partial charge in [0.25, 0.3) is 0 Å². The van der Waals surface area contributed by atoms with Crippen LogP contribution in [0.4, 0.5) is 0 Å². The molecule has 102 valence electrons. The molecular weight excluding hydrogens is 248 g/mol. The molecule has 1 atom stereocenters. The Morgan fingerprint density at radius 1 is 1.44 bits per heavy atom. The molecule has 0 aromatic carbocycles. The average molecular weight is 270 g/mol. The summed E-state index contributed by atoms with van der Waals surface area (Å²) in [5.74, 6) is -0.822. The third-order valence-corrected chi connectivity index (χ3v) is 3.98. The zero-order valence-electron chi connectivity index (χ0n) is 11.7. The summed E-state index contributed by atoms with van der Waals surface area (Å²) >= 11 is 1.57. The van der Waals surface area contributed by atoms with Crippen molar-refractivity contribution in [1.82, 2.24) is 10.3 Å². The number of aliphatic carboxylic acids is 1. The molecule has 2 N–H and O–H groups in total. The lowest BCUT2D eigenvalue weighted by molar-refractivity contribution is -0.144. The van der Waals surface area contributed by atoms with Gasteiger partial charge in [0.05, 0.1) is 5.69 Å². The van der Waals surface area contributed by atoms with Gasteiger partial charge in [-0.05, 0) is 13.3 Å². The summed E-state index contributed by atoms with van der Waals surface area (Å²) in [6, 6.07) is 0. The minimum absolute atomic E-state index is 0.0373. The molecule has 0 saturated carbocycles. The lowest BCUT2D eigenvalue weighted by Gasteiger charge is -2.24. The Morgan fingerprint density at radius 2 is 2.06 bits per heavy atom. The third kappa shape index (κ3) is 3.53. The molecule has 0 aliphatic heterocycles. The smallest absolute Gasteiger partial charge is 0.323 e. The van der Waals surface area contributed by atoms with Crippen molar-refractivity contribution >= 4 is 17.3 Å². The Balaban J connectivity index is 2.70. The number of carbonyl (C=O) groups is 1. The van der Waals surface area contributed by atoms with Crippen LogP contribution in [0.15, 0.2) is 5.38 Å². The number of aromatic nitrogens is 1. The highest BCUT2D eigenvalue weighted by atomic mass is 32.1. The molecule has 0 spiro atoms. The van der Waals surface area contributed by atoms with E-state index in [1.807, 2.05) is 12.3 Å². The third-order valence-electron chi connectivity index (χ3n) is 3.13. The first kappa shape index (κ1) is 15.1. The summed E-state index contributed by atoms with van der Waals surface area (Å²) < 4.78 is 0. The molecule has 1 aromatic rings. The van der Waals surface area contributed by atoms with E-state index in [1.165, 1.54) is 0 Å². The summed E-state index contributed by atoms with van der Waals surface area (Å²) in [4.78, 5) is 15.7. The van der Waals surface area contributed by atoms with Gasteiger partial charge in [0, 0.05) is 17.3 Å². The van der Waals surface area contributed by atoms with Crippen molar-refractivity contribution in [3.63, 3.8) is 0 Å². The van der Waals surface area contributed by atoms with Gasteiger partial charge < -0.3 is 5.11 Å². The molecule has 0 aliphatic carbocycles. The standard InChI is InChI=1S/C13H22N2O2S/c1-6-13(5,11(16)17)14-7-10-15-9(8-18-10)12(2,3)4/h8,14H,6-7H2,1-5H3,(H,16,17). The lowest BCUT2D eigenvalue weighted by atomic mass is 9.93. The van der Waals surface area contributed by atoms with Crippen LogP contribution in [-0.2, 0) is 16.8 Å². The minimum Gasteiger partial charge on any atom is -0.480 e. The summed E-state index contributed by atoms with van der Waals surface area (Å²) in [6.07, 6.45) is 0.542. The molecule has 0 saturated heterocycles. The minimum atomic E-state index is -0.881. The molecule has 0 radical (unpaired) electrons. The molecule has 0 aliphatic rings. The highest BCUT2D eigenvalue weighted by molar-refractivity contribution is 7.09. The van der Waals surface area contributed by atoms with Crippen molar-refractivity contribution in [3.05, 3.63) is 16.1 Å². The van der Waals surface area contributed by atoms with E-state index in [2.05, 4.69) is 31.1 Å². The monoisotopic (exact) mass is 270 g/mol. The SMILES string of the molecule is CCC(C)(NCc1nc(C(C)(C)C)cs1)C(=O)O. The second kappa shape index (κ2) is 5.36. The molecule has 1 heterocycles. The number of hydrogen-bond donors (Lipinski definition) is 2. The zero-order chi connectivity index (χ0) is 14.0. The van der Waals surface area contributed by atoms with E-state index < -0.39 is 11.5 Å². The predicted molar refractivity (Wildman–Crippen MR) is 74.0 cm³/mol. The van der Waals surface area contributed by atoms with Gasteiger partial charge in [-0.3, -0.25) is 10.1 Å². The highest BCUT2D eigenvalue weighted by Crippen LogP contribution is 2.24. The van der Waals surface area contributed by atoms with E-state index in [4.69, 9.17) is 5.11 Å². The first-order valence-corrected chi connectivity index (χ1v) is 7.00. The number of carboxylic acid groups (broad SMARTS) is 1. The molecule has 0 amide bonds. The summed E-state index contributed by atoms with van der Waals surface area (Å²) in [6.45, 7) is 10.4. The topological polar surface area (TPSA) is 62.2 Å². The Morgan fingerprint density at radius 3 is 2.44 bits per heavy atom. The maximum Gasteiger partial charge on any atom is 0.323 e. The summed E-state index contributed by atoms with van der Waals surface area (Å²) in [5, 5.41) is 15.2. The first-order chi connectivity index (χ1) is 8.19. The predicted octanol–water partition coefficient (Wildman–Crippen LogP) is 2.78. The van der Waals surface area contributed by atoms with E-state index in [-0.39, 0.29) is 5.41 Å². The van der Waals surface area contributed by atoms with Gasteiger partial charge >= 0.3 is 5.97 Å². The van der Waals surface area contributed by atoms with Crippen LogP contribution in [0.3, 0.4) is 0 Å². The second-order valence-corrected chi connectivity index (χ2v) is 6.66. The number of thiazole rings is 1. The van der Waals surface area contributed by atoms with Crippen LogP contribution in [0.25, 0.3) is 0 Å². The summed E-state index contributed by atoms with van der Waals surface area (Å²) in [7, 11) is 0. The molecule has 0 bridgehead atoms. The fourth-order valence-corrected chi connectivity index (χ4v) is 2.32. The molecule has 4 nitrogen and oxygen atoms in total. The van der Waals surface area contributed by atoms with Crippen LogP contribution in [0.2, 0.25) is 0 Å². The van der Waals surface area contributed by atoms with Crippen molar-refractivity contribution in [2.75, 3.05) is 0 Å². The molecule has 18 heavy (non-hydrogen) atoms. The average Bonchev–Trinajstić information content (AvgIpc) is 2.73. The van der Waals surface area contributed by atoms with E-state index in [0.29, 0.717) is 13.0 Å². The molecule has 5 heteroatoms. The van der Waals surface area contributed by atoms with E-state index >= 15 is 0 Å². The van der Waals surface area contributed by atoms with Crippen molar-refractivity contribution in [2.45, 2.75) is 58.5 Å². The van der Waals surface area contributed by atoms with Gasteiger partial charge in [-0.1, -0.05) is 27.7 Å². The van der Waals surface area contributed by atoms with Crippen LogP contribution in [0.5, 0.6) is 0 Å². The van der Waals surface area contributed by atoms with Gasteiger partial charge in [-0.15, -0.1) is 11.3 Å². The number of hydrogen-bond acceptors (Lipinski definition) is 4. The second-order valence-electron chi connectivity index (χ2n) is 5.72. The molecular formula is C13H22N2O2S. The number of nitrogens with one attached hydrogen (secondary N) is 1. The normalized spacial score (nSPS) is 15.4. The van der Waals surface area contributed by atoms with Crippen molar-refractivity contribution < 1.29 is 9.90 Å². The van der Waals surface area contributed by atoms with Crippen LogP contribution in [-0.4, -0.2) is 21.6 Å². The van der Waals surface area contributed by atoms with E-state index in [1.54, 1.807) is 18.3 Å². The Hall–Kier alpha value is -0.940. The fourth-order valence-electron chi connectivity index (χ4n) is 1.36. The quantitative estimate of drug-likeness (QED) is 0.863. The first-order valence-electron chi connectivity index (χ1n) is 6.12. The molecule has 1 unspecified atom stereocenters. The molecule has 1 aromatic heterocycles. The molecule has 1 rings (SSSR count). The lowest BCUT2D eigenvalue weighted by Crippen LogP contribution is -2.48. The summed E-state index contributed by atoms with van der Waals surface area (Å²) in [5.41, 5.74) is 0.209. The highest BCUT2D eigenvalue weighted by Gasteiger charge is 2.30. The van der Waals surface area contributed by atoms with Crippen LogP contribution in [0.1, 0.15) is 51.7 Å². The van der Waals surface area contributed by atoms with Crippen LogP contribution < -0.4 is 5.32 Å². The van der Waals surface area contributed by atoms with E-state index in [0.717, 1.165) is 10.7 Å². The maximum absolute atomic E-state index is 11.2. The Bertz CT molecular complexity index is 423. The Kier molecular flexibility index (Phi) is 4.50. The zero-order valence-corrected chi connectivity index (χ0v) is 12.5. The Labute approximate surface area is 112 Å². The van der Waals surface area contributed by atoms with Gasteiger partial charge in [0.2, 0.25) is 0 Å². The molecule has 0 fully saturated rings. The maximum atomic E-state index is 11.2. The van der Waals surface area contributed by atoms with Crippen molar-refractivity contribution in [1.29, 1.82) is 0 Å². The van der Waals surface area contributed by atoms with Gasteiger partial charge in [-0.2, -0.15) is 0 Å². The fraction of sp³-hybridized carbons (Fsp3) is 0.692. The van der Waals surface area contributed by atoms with Crippen LogP contribution in [0, 0.1) is 0 Å².